The van der Waals surface area contributed by atoms with E-state index in [0.29, 0.717) is 0 Å². The summed E-state index contributed by atoms with van der Waals surface area (Å²) >= 11 is 0. The van der Waals surface area contributed by atoms with Crippen LogP contribution in [0.2, 0.25) is 0 Å². The van der Waals surface area contributed by atoms with Gasteiger partial charge in [0.1, 0.15) is 0 Å². The summed E-state index contributed by atoms with van der Waals surface area (Å²) in [5.41, 5.74) is 1.06. The van der Waals surface area contributed by atoms with Gasteiger partial charge in [-0.1, -0.05) is 18.2 Å². The van der Waals surface area contributed by atoms with E-state index in [9.17, 15) is 0 Å². The molecule has 4 nitrogen and oxygen atoms in total. The Morgan fingerprint density at radius 2 is 1.88 bits per heavy atom. The third kappa shape index (κ3) is 2.25. The molecular weight excluding hydrogens is 214 g/mol. The Morgan fingerprint density at radius 1 is 1.18 bits per heavy atom. The molecule has 0 radical (unpaired) electrons. The Labute approximate surface area is 101 Å². The maximum Gasteiger partial charge on any atom is 0.470 e. The highest BCUT2D eigenvalue weighted by Crippen LogP contribution is 2.13. The van der Waals surface area contributed by atoms with E-state index in [1.807, 2.05) is 68.1 Å². The van der Waals surface area contributed by atoms with E-state index in [2.05, 4.69) is 6.07 Å². The number of para-hydroxylation sites is 1. The highest BCUT2D eigenvalue weighted by molar-refractivity contribution is 5.80. The summed E-state index contributed by atoms with van der Waals surface area (Å²) in [7, 11) is 7.84. The number of benzene rings is 1. The van der Waals surface area contributed by atoms with Gasteiger partial charge in [0.25, 0.3) is 0 Å². The Bertz CT molecular complexity index is 551. The van der Waals surface area contributed by atoms with Crippen LogP contribution in [0.1, 0.15) is 0 Å². The standard InChI is InChI=1S/C13H18N3O/c1-14(2)13(15(3)4)17-16-10-9-11-7-5-6-8-12(11)16/h5-10H,1-4H3/q+1. The highest BCUT2D eigenvalue weighted by Gasteiger charge is 2.15. The van der Waals surface area contributed by atoms with Crippen LogP contribution >= 0.6 is 0 Å². The van der Waals surface area contributed by atoms with E-state index < -0.39 is 0 Å². The molecule has 0 saturated heterocycles. The number of rotatable bonds is 1. The number of aromatic nitrogens is 1. The largest absolute Gasteiger partial charge is 0.470 e. The van der Waals surface area contributed by atoms with Crippen molar-refractivity contribution in [3.8, 4) is 0 Å². The van der Waals surface area contributed by atoms with E-state index in [4.69, 9.17) is 4.84 Å². The van der Waals surface area contributed by atoms with Crippen molar-refractivity contribution < 1.29 is 9.41 Å². The zero-order valence-corrected chi connectivity index (χ0v) is 10.7. The molecule has 4 heteroatoms. The molecule has 1 aromatic heterocycles. The minimum absolute atomic E-state index is 0.784. The van der Waals surface area contributed by atoms with Crippen LogP contribution in [0.4, 0.5) is 0 Å². The summed E-state index contributed by atoms with van der Waals surface area (Å²) in [6.07, 6.45) is 1.93. The molecule has 2 aromatic rings. The minimum atomic E-state index is 0.784. The van der Waals surface area contributed by atoms with Gasteiger partial charge in [-0.3, -0.25) is 4.84 Å². The number of amidine groups is 1. The van der Waals surface area contributed by atoms with Crippen molar-refractivity contribution in [2.45, 2.75) is 0 Å². The van der Waals surface area contributed by atoms with Crippen LogP contribution in [-0.4, -0.2) is 48.4 Å². The SMILES string of the molecule is CN(C)C(On1ccc2ccccc21)=[N+](C)C. The summed E-state index contributed by atoms with van der Waals surface area (Å²) in [6, 6.07) is 11.0. The molecular formula is C13H18N3O+. The first-order chi connectivity index (χ1) is 8.09. The molecule has 0 atom stereocenters. The van der Waals surface area contributed by atoms with Crippen molar-refractivity contribution in [2.75, 3.05) is 28.2 Å². The molecule has 0 unspecified atom stereocenters. The minimum Gasteiger partial charge on any atom is -0.298 e. The first kappa shape index (κ1) is 11.5. The predicted octanol–water partition coefficient (Wildman–Crippen LogP) is 1.26. The molecule has 0 aliphatic rings. The predicted molar refractivity (Wildman–Crippen MR) is 69.3 cm³/mol. The summed E-state index contributed by atoms with van der Waals surface area (Å²) < 4.78 is 3.72. The van der Waals surface area contributed by atoms with Gasteiger partial charge in [-0.15, -0.1) is 0 Å². The molecule has 90 valence electrons. The van der Waals surface area contributed by atoms with E-state index in [1.165, 1.54) is 5.39 Å². The van der Waals surface area contributed by atoms with Crippen molar-refractivity contribution in [3.05, 3.63) is 36.5 Å². The first-order valence-corrected chi connectivity index (χ1v) is 5.55. The molecule has 0 amide bonds. The molecule has 1 heterocycles. The lowest BCUT2D eigenvalue weighted by Crippen LogP contribution is -2.38. The van der Waals surface area contributed by atoms with Crippen molar-refractivity contribution in [2.24, 2.45) is 0 Å². The van der Waals surface area contributed by atoms with E-state index in [-0.39, 0.29) is 0 Å². The summed E-state index contributed by atoms with van der Waals surface area (Å²) in [4.78, 5) is 7.82. The summed E-state index contributed by atoms with van der Waals surface area (Å²) in [5.74, 6) is 0. The molecule has 2 rings (SSSR count). The highest BCUT2D eigenvalue weighted by atomic mass is 16.7. The maximum atomic E-state index is 5.88. The van der Waals surface area contributed by atoms with Crippen LogP contribution in [0.25, 0.3) is 10.9 Å². The molecule has 17 heavy (non-hydrogen) atoms. The van der Waals surface area contributed by atoms with Gasteiger partial charge in [-0.25, -0.2) is 9.48 Å². The van der Waals surface area contributed by atoms with Gasteiger partial charge in [-0.05, 0) is 12.1 Å². The number of fused-ring (bicyclic) bond motifs is 1. The third-order valence-corrected chi connectivity index (χ3v) is 2.51. The van der Waals surface area contributed by atoms with Gasteiger partial charge in [-0.2, -0.15) is 4.73 Å². The van der Waals surface area contributed by atoms with Gasteiger partial charge in [0.2, 0.25) is 0 Å². The maximum absolute atomic E-state index is 5.88. The summed E-state index contributed by atoms with van der Waals surface area (Å²) in [6.45, 7) is 0. The fourth-order valence-electron chi connectivity index (χ4n) is 1.79. The average Bonchev–Trinajstić information content (AvgIpc) is 2.68. The molecule has 0 bridgehead atoms. The van der Waals surface area contributed by atoms with Gasteiger partial charge >= 0.3 is 6.02 Å². The zero-order valence-electron chi connectivity index (χ0n) is 10.7. The number of nitrogens with zero attached hydrogens (tertiary/aromatic N) is 3. The lowest BCUT2D eigenvalue weighted by atomic mass is 10.3. The Hall–Kier alpha value is -1.97. The molecule has 0 spiro atoms. The zero-order chi connectivity index (χ0) is 12.4. The fourth-order valence-corrected chi connectivity index (χ4v) is 1.79. The van der Waals surface area contributed by atoms with Crippen LogP contribution in [0.15, 0.2) is 36.5 Å². The van der Waals surface area contributed by atoms with Gasteiger partial charge in [0.15, 0.2) is 0 Å². The molecule has 0 N–H and O–H groups in total. The second kappa shape index (κ2) is 4.49. The van der Waals surface area contributed by atoms with Crippen molar-refractivity contribution in [1.82, 2.24) is 9.63 Å². The molecule has 0 aliphatic heterocycles. The Balaban J connectivity index is 2.39. The van der Waals surface area contributed by atoms with Gasteiger partial charge in [0, 0.05) is 11.6 Å². The van der Waals surface area contributed by atoms with Crippen LogP contribution in [0.5, 0.6) is 0 Å². The van der Waals surface area contributed by atoms with Crippen molar-refractivity contribution in [3.63, 3.8) is 0 Å². The number of hydrogen-bond acceptors (Lipinski definition) is 1. The molecule has 0 aliphatic carbocycles. The molecule has 0 fully saturated rings. The van der Waals surface area contributed by atoms with E-state index in [1.54, 1.807) is 4.73 Å². The quantitative estimate of drug-likeness (QED) is 0.419. The third-order valence-electron chi connectivity index (χ3n) is 2.51. The second-order valence-electron chi connectivity index (χ2n) is 4.36. The average molecular weight is 232 g/mol. The fraction of sp³-hybridized carbons (Fsp3) is 0.308. The van der Waals surface area contributed by atoms with Crippen molar-refractivity contribution in [1.29, 1.82) is 0 Å². The van der Waals surface area contributed by atoms with Crippen LogP contribution in [-0.2, 0) is 0 Å². The Kier molecular flexibility index (Phi) is 3.04. The van der Waals surface area contributed by atoms with Crippen LogP contribution in [0, 0.1) is 0 Å². The summed E-state index contributed by atoms with van der Waals surface area (Å²) in [5, 5.41) is 1.17. The first-order valence-electron chi connectivity index (χ1n) is 5.55. The smallest absolute Gasteiger partial charge is 0.298 e. The monoisotopic (exact) mass is 232 g/mol. The van der Waals surface area contributed by atoms with E-state index >= 15 is 0 Å². The second-order valence-corrected chi connectivity index (χ2v) is 4.36. The topological polar surface area (TPSA) is 20.4 Å². The Morgan fingerprint density at radius 3 is 2.53 bits per heavy atom. The number of hydrogen-bond donors (Lipinski definition) is 0. The van der Waals surface area contributed by atoms with Crippen molar-refractivity contribution >= 4 is 16.9 Å². The normalized spacial score (nSPS) is 10.4. The van der Waals surface area contributed by atoms with Gasteiger partial charge < -0.3 is 0 Å². The van der Waals surface area contributed by atoms with Crippen LogP contribution in [0.3, 0.4) is 0 Å². The lowest BCUT2D eigenvalue weighted by Gasteiger charge is -2.12. The van der Waals surface area contributed by atoms with E-state index in [0.717, 1.165) is 11.5 Å². The molecule has 1 aromatic carbocycles. The van der Waals surface area contributed by atoms with Gasteiger partial charge in [0.05, 0.1) is 33.7 Å². The van der Waals surface area contributed by atoms with Crippen LogP contribution < -0.4 is 4.84 Å². The molecule has 0 saturated carbocycles. The lowest BCUT2D eigenvalue weighted by molar-refractivity contribution is -0.480.